The smallest absolute Gasteiger partial charge is 0.210 e. The third-order valence-corrected chi connectivity index (χ3v) is 6.12. The molecule has 0 unspecified atom stereocenters. The zero-order valence-electron chi connectivity index (χ0n) is 17.7. The number of nitrogens with zero attached hydrogens (tertiary/aromatic N) is 5. The summed E-state index contributed by atoms with van der Waals surface area (Å²) in [6.07, 6.45) is 1.80. The molecule has 0 saturated carbocycles. The van der Waals surface area contributed by atoms with Crippen molar-refractivity contribution in [3.8, 4) is 0 Å². The van der Waals surface area contributed by atoms with Crippen LogP contribution in [0.5, 0.6) is 0 Å². The van der Waals surface area contributed by atoms with Gasteiger partial charge in [-0.3, -0.25) is 9.80 Å². The Balaban J connectivity index is 1.40. The minimum absolute atomic E-state index is 0.306. The lowest BCUT2D eigenvalue weighted by atomic mass is 9.96. The van der Waals surface area contributed by atoms with Crippen LogP contribution in [0.1, 0.15) is 22.9 Å². The first kappa shape index (κ1) is 20.7. The average molecular weight is 420 g/mol. The highest BCUT2D eigenvalue weighted by molar-refractivity contribution is 7.13. The Kier molecular flexibility index (Phi) is 6.89. The van der Waals surface area contributed by atoms with Gasteiger partial charge in [-0.15, -0.1) is 11.3 Å². The van der Waals surface area contributed by atoms with Gasteiger partial charge in [0.05, 0.1) is 18.1 Å². The molecule has 1 saturated heterocycles. The van der Waals surface area contributed by atoms with Gasteiger partial charge in [-0.05, 0) is 11.1 Å². The van der Waals surface area contributed by atoms with E-state index in [1.807, 2.05) is 19.0 Å². The van der Waals surface area contributed by atoms with Gasteiger partial charge in [-0.25, -0.2) is 9.98 Å². The summed E-state index contributed by atoms with van der Waals surface area (Å²) in [6, 6.07) is 22.0. The summed E-state index contributed by atoms with van der Waals surface area (Å²) in [6.45, 7) is 5.08. The Hall–Kier alpha value is -2.54. The van der Waals surface area contributed by atoms with E-state index in [1.165, 1.54) is 11.1 Å². The van der Waals surface area contributed by atoms with E-state index in [4.69, 9.17) is 0 Å². The number of thiazole rings is 1. The molecule has 30 heavy (non-hydrogen) atoms. The molecule has 0 N–H and O–H groups in total. The Bertz CT molecular complexity index is 891. The van der Waals surface area contributed by atoms with Gasteiger partial charge in [0.15, 0.2) is 0 Å². The molecule has 0 spiro atoms. The summed E-state index contributed by atoms with van der Waals surface area (Å²) in [4.78, 5) is 16.1. The van der Waals surface area contributed by atoms with Crippen LogP contribution in [0.3, 0.4) is 0 Å². The molecule has 5 nitrogen and oxygen atoms in total. The minimum atomic E-state index is 0.306. The van der Waals surface area contributed by atoms with Crippen molar-refractivity contribution in [2.75, 3.05) is 40.3 Å². The van der Waals surface area contributed by atoms with Crippen molar-refractivity contribution in [2.45, 2.75) is 12.6 Å². The number of aromatic nitrogens is 1. The van der Waals surface area contributed by atoms with Crippen LogP contribution in [-0.2, 0) is 6.54 Å². The van der Waals surface area contributed by atoms with Crippen LogP contribution in [-0.4, -0.2) is 66.3 Å². The van der Waals surface area contributed by atoms with E-state index in [0.717, 1.165) is 43.5 Å². The molecule has 0 radical (unpaired) electrons. The van der Waals surface area contributed by atoms with Crippen LogP contribution in [0.4, 0.5) is 5.13 Å². The van der Waals surface area contributed by atoms with Gasteiger partial charge in [0.25, 0.3) is 0 Å². The number of benzene rings is 2. The van der Waals surface area contributed by atoms with Crippen molar-refractivity contribution in [1.82, 2.24) is 19.7 Å². The van der Waals surface area contributed by atoms with Crippen LogP contribution in [0.15, 0.2) is 71.0 Å². The molecule has 6 heteroatoms. The van der Waals surface area contributed by atoms with Gasteiger partial charge in [-0.1, -0.05) is 60.7 Å². The molecule has 4 rings (SSSR count). The van der Waals surface area contributed by atoms with Crippen molar-refractivity contribution in [3.05, 3.63) is 82.9 Å². The van der Waals surface area contributed by atoms with Crippen molar-refractivity contribution in [3.63, 3.8) is 0 Å². The van der Waals surface area contributed by atoms with Gasteiger partial charge >= 0.3 is 0 Å². The summed E-state index contributed by atoms with van der Waals surface area (Å²) in [5.74, 6) is 0. The number of hydrogen-bond acceptors (Lipinski definition) is 5. The second-order valence-corrected chi connectivity index (χ2v) is 8.70. The molecule has 1 aliphatic heterocycles. The predicted octanol–water partition coefficient (Wildman–Crippen LogP) is 4.27. The topological polar surface area (TPSA) is 35.0 Å². The summed E-state index contributed by atoms with van der Waals surface area (Å²) < 4.78 is 0. The van der Waals surface area contributed by atoms with Crippen LogP contribution >= 0.6 is 11.3 Å². The van der Waals surface area contributed by atoms with Gasteiger partial charge < -0.3 is 4.90 Å². The summed E-state index contributed by atoms with van der Waals surface area (Å²) in [7, 11) is 3.94. The summed E-state index contributed by atoms with van der Waals surface area (Å²) >= 11 is 1.61. The summed E-state index contributed by atoms with van der Waals surface area (Å²) in [5.41, 5.74) is 3.84. The quantitative estimate of drug-likeness (QED) is 0.423. The highest BCUT2D eigenvalue weighted by atomic mass is 32.1. The number of aliphatic imine (C=N–C) groups is 1. The first-order valence-electron chi connectivity index (χ1n) is 10.4. The maximum Gasteiger partial charge on any atom is 0.210 e. The fourth-order valence-electron chi connectivity index (χ4n) is 3.89. The van der Waals surface area contributed by atoms with Crippen LogP contribution in [0, 0.1) is 0 Å². The lowest BCUT2D eigenvalue weighted by Gasteiger charge is -2.39. The first-order valence-corrected chi connectivity index (χ1v) is 11.3. The van der Waals surface area contributed by atoms with Gasteiger partial charge in [0.2, 0.25) is 5.13 Å². The number of hydrogen-bond donors (Lipinski definition) is 0. The Morgan fingerprint density at radius 3 is 2.13 bits per heavy atom. The van der Waals surface area contributed by atoms with Gasteiger partial charge in [-0.2, -0.15) is 0 Å². The molecular weight excluding hydrogens is 390 g/mol. The molecule has 3 aromatic rings. The normalized spacial score (nSPS) is 15.8. The van der Waals surface area contributed by atoms with Crippen LogP contribution < -0.4 is 0 Å². The molecule has 1 fully saturated rings. The maximum absolute atomic E-state index is 4.66. The van der Waals surface area contributed by atoms with E-state index in [0.29, 0.717) is 6.04 Å². The van der Waals surface area contributed by atoms with E-state index >= 15 is 0 Å². The van der Waals surface area contributed by atoms with Crippen molar-refractivity contribution < 1.29 is 0 Å². The molecule has 2 heterocycles. The first-order chi connectivity index (χ1) is 14.7. The van der Waals surface area contributed by atoms with Crippen molar-refractivity contribution in [1.29, 1.82) is 0 Å². The van der Waals surface area contributed by atoms with Gasteiger partial charge in [0, 0.05) is 52.2 Å². The highest BCUT2D eigenvalue weighted by Gasteiger charge is 2.26. The molecule has 1 aliphatic rings. The van der Waals surface area contributed by atoms with E-state index < -0.39 is 0 Å². The Morgan fingerprint density at radius 2 is 1.57 bits per heavy atom. The third-order valence-electron chi connectivity index (χ3n) is 5.33. The average Bonchev–Trinajstić information content (AvgIpc) is 3.23. The molecule has 0 atom stereocenters. The second kappa shape index (κ2) is 9.98. The maximum atomic E-state index is 4.66. The molecule has 156 valence electrons. The van der Waals surface area contributed by atoms with E-state index in [1.54, 1.807) is 17.7 Å². The zero-order valence-corrected chi connectivity index (χ0v) is 18.5. The molecular formula is C24H29N5S. The molecule has 0 aliphatic carbocycles. The zero-order chi connectivity index (χ0) is 20.8. The fraction of sp³-hybridized carbons (Fsp3) is 0.333. The van der Waals surface area contributed by atoms with Crippen molar-refractivity contribution >= 4 is 22.8 Å². The minimum Gasteiger partial charge on any atom is -0.369 e. The van der Waals surface area contributed by atoms with E-state index in [2.05, 4.69) is 85.8 Å². The second-order valence-electron chi connectivity index (χ2n) is 7.87. The molecule has 2 aromatic carbocycles. The predicted molar refractivity (Wildman–Crippen MR) is 126 cm³/mol. The Morgan fingerprint density at radius 1 is 0.967 bits per heavy atom. The van der Waals surface area contributed by atoms with Gasteiger partial charge in [0.1, 0.15) is 0 Å². The van der Waals surface area contributed by atoms with Crippen molar-refractivity contribution in [2.24, 2.45) is 4.99 Å². The van der Waals surface area contributed by atoms with E-state index in [-0.39, 0.29) is 0 Å². The lowest BCUT2D eigenvalue weighted by Crippen LogP contribution is -2.47. The summed E-state index contributed by atoms with van der Waals surface area (Å²) in [5, 5.41) is 2.95. The Labute approximate surface area is 183 Å². The monoisotopic (exact) mass is 419 g/mol. The van der Waals surface area contributed by atoms with Crippen LogP contribution in [0.25, 0.3) is 0 Å². The molecule has 1 aromatic heterocycles. The van der Waals surface area contributed by atoms with E-state index in [9.17, 15) is 0 Å². The number of piperazine rings is 1. The third kappa shape index (κ3) is 5.33. The molecule has 0 amide bonds. The van der Waals surface area contributed by atoms with Crippen LogP contribution in [0.2, 0.25) is 0 Å². The highest BCUT2D eigenvalue weighted by Crippen LogP contribution is 2.29. The standard InChI is InChI=1S/C24H29N5S/c1-27(2)19-25-24-26-22(18-30-24)17-28-13-15-29(16-14-28)23(20-9-5-3-6-10-20)21-11-7-4-8-12-21/h3-12,18-19,23H,13-17H2,1-2H3. The fourth-order valence-corrected chi connectivity index (χ4v) is 4.53. The SMILES string of the molecule is CN(C)C=Nc1nc(CN2CCN(C(c3ccccc3)c3ccccc3)CC2)cs1. The largest absolute Gasteiger partial charge is 0.369 e. The lowest BCUT2D eigenvalue weighted by molar-refractivity contribution is 0.104. The number of rotatable bonds is 7. The molecule has 0 bridgehead atoms.